The van der Waals surface area contributed by atoms with E-state index in [9.17, 15) is 13.5 Å². The first kappa shape index (κ1) is 8.00. The highest BCUT2D eigenvalue weighted by atomic mass is 32.2. The second kappa shape index (κ2) is 2.50. The van der Waals surface area contributed by atoms with Crippen molar-refractivity contribution in [2.45, 2.75) is 4.90 Å². The van der Waals surface area contributed by atoms with Gasteiger partial charge in [0.2, 0.25) is 0 Å². The molecule has 1 aromatic heterocycles. The van der Waals surface area contributed by atoms with Gasteiger partial charge in [-0.1, -0.05) is 0 Å². The normalized spacial score (nSPS) is 11.4. The molecule has 0 aliphatic carbocycles. The van der Waals surface area contributed by atoms with Crippen LogP contribution in [0.4, 0.5) is 0 Å². The molecular formula is C6H6NO3S. The molecule has 0 N–H and O–H groups in total. The van der Waals surface area contributed by atoms with Crippen LogP contribution in [-0.2, 0) is 14.9 Å². The monoisotopic (exact) mass is 172 g/mol. The zero-order chi connectivity index (χ0) is 8.48. The van der Waals surface area contributed by atoms with E-state index in [-0.39, 0.29) is 4.90 Å². The van der Waals surface area contributed by atoms with Crippen molar-refractivity contribution in [1.82, 2.24) is 4.98 Å². The number of pyridine rings is 1. The summed E-state index contributed by atoms with van der Waals surface area (Å²) in [5, 5.41) is 10.4. The van der Waals surface area contributed by atoms with Gasteiger partial charge in [-0.3, -0.25) is 5.11 Å². The molecule has 0 aliphatic heterocycles. The van der Waals surface area contributed by atoms with E-state index in [4.69, 9.17) is 0 Å². The minimum absolute atomic E-state index is 0.0668. The van der Waals surface area contributed by atoms with E-state index < -0.39 is 15.7 Å². The van der Waals surface area contributed by atoms with Gasteiger partial charge in [-0.2, -0.15) is 0 Å². The zero-order valence-electron chi connectivity index (χ0n) is 5.81. The predicted octanol–water partition coefficient (Wildman–Crippen LogP) is 0.629. The average molecular weight is 172 g/mol. The topological polar surface area (TPSA) is 66.9 Å². The maximum absolute atomic E-state index is 10.8. The van der Waals surface area contributed by atoms with E-state index in [1.54, 1.807) is 0 Å². The van der Waals surface area contributed by atoms with Gasteiger partial charge in [-0.15, -0.1) is 0 Å². The van der Waals surface area contributed by atoms with E-state index in [0.717, 1.165) is 18.5 Å². The van der Waals surface area contributed by atoms with Crippen molar-refractivity contribution < 1.29 is 13.5 Å². The minimum atomic E-state index is -3.22. The Labute approximate surface area is 64.4 Å². The molecule has 1 rings (SSSR count). The van der Waals surface area contributed by atoms with Crippen LogP contribution >= 0.6 is 0 Å². The van der Waals surface area contributed by atoms with Crippen LogP contribution in [0.15, 0.2) is 23.2 Å². The van der Waals surface area contributed by atoms with Gasteiger partial charge in [0.05, 0.1) is 4.90 Å². The summed E-state index contributed by atoms with van der Waals surface area (Å²) in [6.07, 6.45) is 2.12. The lowest BCUT2D eigenvalue weighted by Gasteiger charge is -1.94. The molecular weight excluding hydrogens is 166 g/mol. The van der Waals surface area contributed by atoms with Crippen LogP contribution in [-0.4, -0.2) is 19.7 Å². The zero-order valence-corrected chi connectivity index (χ0v) is 6.63. The van der Waals surface area contributed by atoms with E-state index in [0.29, 0.717) is 0 Å². The molecule has 1 heterocycles. The van der Waals surface area contributed by atoms with Crippen molar-refractivity contribution in [3.63, 3.8) is 0 Å². The van der Waals surface area contributed by atoms with Crippen molar-refractivity contribution in [1.29, 1.82) is 0 Å². The molecule has 0 saturated heterocycles. The summed E-state index contributed by atoms with van der Waals surface area (Å²) in [5.74, 6) is -0.433. The smallest absolute Gasteiger partial charge is 0.267 e. The third-order valence-electron chi connectivity index (χ3n) is 1.14. The first-order valence-electron chi connectivity index (χ1n) is 2.83. The molecule has 0 saturated carbocycles. The average Bonchev–Trinajstić information content (AvgIpc) is 1.86. The molecule has 5 heteroatoms. The molecule has 0 unspecified atom stereocenters. The Hall–Kier alpha value is -1.10. The van der Waals surface area contributed by atoms with Crippen LogP contribution in [0.5, 0.6) is 5.88 Å². The van der Waals surface area contributed by atoms with Crippen LogP contribution < -0.4 is 0 Å². The van der Waals surface area contributed by atoms with E-state index in [1.165, 1.54) is 6.07 Å². The third kappa shape index (κ3) is 1.91. The Morgan fingerprint density at radius 2 is 2.00 bits per heavy atom. The second-order valence-electron chi connectivity index (χ2n) is 2.10. The number of hydrogen-bond acceptors (Lipinski definition) is 3. The fraction of sp³-hybridized carbons (Fsp3) is 0.167. The lowest BCUT2D eigenvalue weighted by molar-refractivity contribution is 0.337. The highest BCUT2D eigenvalue weighted by Gasteiger charge is 2.06. The summed E-state index contributed by atoms with van der Waals surface area (Å²) >= 11 is 0. The van der Waals surface area contributed by atoms with E-state index in [1.807, 2.05) is 0 Å². The Morgan fingerprint density at radius 3 is 2.36 bits per heavy atom. The van der Waals surface area contributed by atoms with Gasteiger partial charge in [0.15, 0.2) is 9.84 Å². The standard InChI is InChI=1S/C6H6NO3S/c1-11(9,10)5-2-3-6(8)7-4-5/h2-4H,1H3. The molecule has 0 aliphatic rings. The number of aromatic nitrogens is 1. The largest absolute Gasteiger partial charge is 0.269 e. The SMILES string of the molecule is CS(=O)(=O)c1ccc([O])nc1. The fourth-order valence-corrected chi connectivity index (χ4v) is 1.15. The van der Waals surface area contributed by atoms with Crippen molar-refractivity contribution in [3.8, 4) is 5.88 Å². The molecule has 0 aromatic carbocycles. The molecule has 0 bridgehead atoms. The summed E-state index contributed by atoms with van der Waals surface area (Å²) in [4.78, 5) is 3.38. The van der Waals surface area contributed by atoms with Gasteiger partial charge in [-0.05, 0) is 6.07 Å². The first-order chi connectivity index (χ1) is 5.00. The lowest BCUT2D eigenvalue weighted by Crippen LogP contribution is -1.96. The van der Waals surface area contributed by atoms with Crippen LogP contribution in [0.3, 0.4) is 0 Å². The highest BCUT2D eigenvalue weighted by molar-refractivity contribution is 7.90. The summed E-state index contributed by atoms with van der Waals surface area (Å²) in [6.45, 7) is 0. The minimum Gasteiger partial charge on any atom is -0.267 e. The predicted molar refractivity (Wildman–Crippen MR) is 37.5 cm³/mol. The van der Waals surface area contributed by atoms with Crippen molar-refractivity contribution in [3.05, 3.63) is 18.3 Å². The molecule has 11 heavy (non-hydrogen) atoms. The van der Waals surface area contributed by atoms with Gasteiger partial charge < -0.3 is 0 Å². The van der Waals surface area contributed by atoms with Gasteiger partial charge in [-0.25, -0.2) is 13.4 Å². The lowest BCUT2D eigenvalue weighted by atomic mass is 10.5. The third-order valence-corrected chi connectivity index (χ3v) is 2.24. The summed E-state index contributed by atoms with van der Waals surface area (Å²) in [7, 11) is -3.22. The molecule has 59 valence electrons. The molecule has 0 fully saturated rings. The second-order valence-corrected chi connectivity index (χ2v) is 4.12. The fourth-order valence-electron chi connectivity index (χ4n) is 0.586. The molecule has 4 nitrogen and oxygen atoms in total. The Bertz CT molecular complexity index is 341. The number of rotatable bonds is 1. The molecule has 0 amide bonds. The highest BCUT2D eigenvalue weighted by Crippen LogP contribution is 2.10. The van der Waals surface area contributed by atoms with E-state index in [2.05, 4.69) is 4.98 Å². The van der Waals surface area contributed by atoms with Crippen LogP contribution in [0, 0.1) is 0 Å². The summed E-state index contributed by atoms with van der Waals surface area (Å²) in [6, 6.07) is 2.36. The van der Waals surface area contributed by atoms with Crippen LogP contribution in [0.1, 0.15) is 0 Å². The number of nitrogens with zero attached hydrogens (tertiary/aromatic N) is 1. The molecule has 1 radical (unpaired) electrons. The quantitative estimate of drug-likeness (QED) is 0.623. The Morgan fingerprint density at radius 1 is 1.36 bits per heavy atom. The van der Waals surface area contributed by atoms with Gasteiger partial charge in [0, 0.05) is 18.5 Å². The summed E-state index contributed by atoms with van der Waals surface area (Å²) in [5.41, 5.74) is 0. The Kier molecular flexibility index (Phi) is 1.82. The van der Waals surface area contributed by atoms with Crippen LogP contribution in [0.25, 0.3) is 0 Å². The maximum atomic E-state index is 10.8. The first-order valence-corrected chi connectivity index (χ1v) is 4.72. The Balaban J connectivity index is 3.20. The van der Waals surface area contributed by atoms with Crippen LogP contribution in [0.2, 0.25) is 0 Å². The molecule has 0 atom stereocenters. The molecule has 1 aromatic rings. The number of sulfone groups is 1. The van der Waals surface area contributed by atoms with Crippen molar-refractivity contribution in [2.75, 3.05) is 6.26 Å². The van der Waals surface area contributed by atoms with E-state index >= 15 is 0 Å². The summed E-state index contributed by atoms with van der Waals surface area (Å²) < 4.78 is 21.6. The van der Waals surface area contributed by atoms with Gasteiger partial charge in [0.1, 0.15) is 0 Å². The van der Waals surface area contributed by atoms with Gasteiger partial charge >= 0.3 is 0 Å². The molecule has 0 spiro atoms. The van der Waals surface area contributed by atoms with Gasteiger partial charge in [0.25, 0.3) is 5.88 Å². The van der Waals surface area contributed by atoms with Crippen molar-refractivity contribution >= 4 is 9.84 Å². The number of hydrogen-bond donors (Lipinski definition) is 0. The van der Waals surface area contributed by atoms with Crippen molar-refractivity contribution in [2.24, 2.45) is 0 Å². The maximum Gasteiger partial charge on any atom is 0.269 e.